The number of nitrogens with zero attached hydrogens (tertiary/aromatic N) is 4. The van der Waals surface area contributed by atoms with E-state index < -0.39 is 16.1 Å². The fourth-order valence-electron chi connectivity index (χ4n) is 0.346. The molecule has 0 amide bonds. The van der Waals surface area contributed by atoms with Gasteiger partial charge in [-0.3, -0.25) is 0 Å². The molecule has 0 aliphatic heterocycles. The summed E-state index contributed by atoms with van der Waals surface area (Å²) in [5, 5.41) is 0. The monoisotopic (exact) mass is 228 g/mol. The molecule has 0 aromatic heterocycles. The van der Waals surface area contributed by atoms with Crippen molar-refractivity contribution in [3.63, 3.8) is 0 Å². The lowest BCUT2D eigenvalue weighted by atomic mass is 11.7. The Hall–Kier alpha value is -0.806. The van der Waals surface area contributed by atoms with Gasteiger partial charge in [-0.15, -0.1) is 0 Å². The van der Waals surface area contributed by atoms with Gasteiger partial charge in [0.25, 0.3) is 0 Å². The minimum atomic E-state index is -1.20. The van der Waals surface area contributed by atoms with E-state index in [-0.39, 0.29) is 0 Å². The lowest BCUT2D eigenvalue weighted by Crippen LogP contribution is -2.22. The Morgan fingerprint density at radius 2 is 0.929 bits per heavy atom. The van der Waals surface area contributed by atoms with Crippen LogP contribution in [0, 0.1) is 0 Å². The van der Waals surface area contributed by atoms with Gasteiger partial charge in [0.1, 0.15) is 0 Å². The highest BCUT2D eigenvalue weighted by atomic mass is 28.3. The Labute approximate surface area is 88.2 Å². The summed E-state index contributed by atoms with van der Waals surface area (Å²) in [6.45, 7) is 12.6. The Morgan fingerprint density at radius 1 is 0.714 bits per heavy atom. The average Bonchev–Trinajstić information content (AvgIpc) is 1.81. The summed E-state index contributed by atoms with van der Waals surface area (Å²) in [5.74, 6) is 3.26. The van der Waals surface area contributed by atoms with Gasteiger partial charge in [0.15, 0.2) is 16.1 Å². The molecular formula is C8H20N4Si2. The van der Waals surface area contributed by atoms with Crippen LogP contribution in [0.3, 0.4) is 0 Å². The van der Waals surface area contributed by atoms with Crippen LogP contribution in [0.25, 0.3) is 11.1 Å². The van der Waals surface area contributed by atoms with Crippen molar-refractivity contribution in [3.8, 4) is 0 Å². The highest BCUT2D eigenvalue weighted by molar-refractivity contribution is 6.99. The molecule has 14 heavy (non-hydrogen) atoms. The third-order valence-electron chi connectivity index (χ3n) is 0.890. The highest BCUT2D eigenvalue weighted by Crippen LogP contribution is 1.92. The molecule has 4 nitrogen and oxygen atoms in total. The molecule has 0 fully saturated rings. The van der Waals surface area contributed by atoms with Crippen molar-refractivity contribution < 1.29 is 9.58 Å². The quantitative estimate of drug-likeness (QED) is 0.301. The van der Waals surface area contributed by atoms with Crippen molar-refractivity contribution in [3.05, 3.63) is 11.1 Å². The van der Waals surface area contributed by atoms with Gasteiger partial charge in [0.2, 0.25) is 11.7 Å². The topological polar surface area (TPSA) is 72.8 Å². The minimum absolute atomic E-state index is 1.20. The summed E-state index contributed by atoms with van der Waals surface area (Å²) in [6.07, 6.45) is 0. The van der Waals surface area contributed by atoms with Gasteiger partial charge < -0.3 is 11.1 Å². The first-order valence-corrected chi connectivity index (χ1v) is 11.6. The predicted molar refractivity (Wildman–Crippen MR) is 66.1 cm³/mol. The second-order valence-electron chi connectivity index (χ2n) is 5.22. The van der Waals surface area contributed by atoms with Crippen molar-refractivity contribution in [2.45, 2.75) is 39.3 Å². The molecule has 0 aliphatic rings. The van der Waals surface area contributed by atoms with Crippen LogP contribution in [0.2, 0.25) is 39.3 Å². The maximum Gasteiger partial charge on any atom is 0.226 e. The van der Waals surface area contributed by atoms with Gasteiger partial charge in [-0.05, 0) is 0 Å². The molecule has 0 saturated carbocycles. The predicted octanol–water partition coefficient (Wildman–Crippen LogP) is 2.33. The van der Waals surface area contributed by atoms with E-state index in [2.05, 4.69) is 48.9 Å². The van der Waals surface area contributed by atoms with Gasteiger partial charge in [0, 0.05) is 0 Å². The standard InChI is InChI=1S/2C4H10N2Si/c2*1-7(2,3)4-6-5/h2*4H,1-3H3. The van der Waals surface area contributed by atoms with E-state index in [1.807, 2.05) is 0 Å². The zero-order chi connectivity index (χ0) is 11.8. The third-order valence-corrected chi connectivity index (χ3v) is 2.67. The number of hydrogen-bond donors (Lipinski definition) is 0. The summed E-state index contributed by atoms with van der Waals surface area (Å²) in [5.41, 5.74) is 16.0. The fraction of sp³-hybridized carbons (Fsp3) is 0.750. The van der Waals surface area contributed by atoms with Gasteiger partial charge >= 0.3 is 0 Å². The summed E-state index contributed by atoms with van der Waals surface area (Å²) in [6, 6.07) is 0. The SMILES string of the molecule is C[Si](C)(C)C=[N+]=[N-].C[Si](C)(C)C=[N+]=[N-]. The molecule has 0 radical (unpaired) electrons. The van der Waals surface area contributed by atoms with Crippen LogP contribution in [0.15, 0.2) is 0 Å². The van der Waals surface area contributed by atoms with E-state index in [9.17, 15) is 0 Å². The van der Waals surface area contributed by atoms with Crippen molar-refractivity contribution in [1.29, 1.82) is 0 Å². The molecule has 0 heterocycles. The van der Waals surface area contributed by atoms with E-state index in [1.165, 1.54) is 0 Å². The van der Waals surface area contributed by atoms with Crippen molar-refractivity contribution >= 4 is 27.8 Å². The first kappa shape index (κ1) is 15.7. The zero-order valence-corrected chi connectivity index (χ0v) is 11.9. The second-order valence-corrected chi connectivity index (χ2v) is 15.2. The lowest BCUT2D eigenvalue weighted by Gasteiger charge is -1.95. The van der Waals surface area contributed by atoms with E-state index in [4.69, 9.17) is 11.1 Å². The van der Waals surface area contributed by atoms with Crippen molar-refractivity contribution in [2.75, 3.05) is 0 Å². The third kappa shape index (κ3) is 22.5. The van der Waals surface area contributed by atoms with E-state index >= 15 is 0 Å². The molecule has 80 valence electrons. The molecule has 0 spiro atoms. The van der Waals surface area contributed by atoms with Gasteiger partial charge in [-0.2, -0.15) is 9.58 Å². The molecule has 0 aromatic rings. The average molecular weight is 228 g/mol. The first-order chi connectivity index (χ1) is 6.12. The largest absolute Gasteiger partial charge is 0.363 e. The maximum atomic E-state index is 8.01. The Morgan fingerprint density at radius 3 is 0.929 bits per heavy atom. The molecular weight excluding hydrogens is 208 g/mol. The molecule has 0 aromatic carbocycles. The first-order valence-electron chi connectivity index (χ1n) is 4.49. The summed E-state index contributed by atoms with van der Waals surface area (Å²) in [7, 11) is -2.40. The van der Waals surface area contributed by atoms with E-state index in [0.717, 1.165) is 0 Å². The maximum absolute atomic E-state index is 8.01. The van der Waals surface area contributed by atoms with Gasteiger partial charge in [-0.1, -0.05) is 39.3 Å². The van der Waals surface area contributed by atoms with Crippen LogP contribution in [-0.4, -0.2) is 37.4 Å². The highest BCUT2D eigenvalue weighted by Gasteiger charge is 2.14. The van der Waals surface area contributed by atoms with Crippen LogP contribution in [-0.2, 0) is 0 Å². The van der Waals surface area contributed by atoms with Crippen LogP contribution in [0.1, 0.15) is 0 Å². The van der Waals surface area contributed by atoms with Crippen LogP contribution >= 0.6 is 0 Å². The molecule has 0 saturated heterocycles. The molecule has 0 rings (SSSR count). The minimum Gasteiger partial charge on any atom is -0.363 e. The molecule has 0 unspecified atom stereocenters. The Bertz CT molecular complexity index is 221. The van der Waals surface area contributed by atoms with Crippen LogP contribution < -0.4 is 0 Å². The van der Waals surface area contributed by atoms with E-state index in [0.29, 0.717) is 0 Å². The summed E-state index contributed by atoms with van der Waals surface area (Å²) < 4.78 is 0. The molecule has 0 N–H and O–H groups in total. The molecule has 0 aliphatic carbocycles. The number of rotatable bonds is 2. The Kier molecular flexibility index (Phi) is 7.40. The zero-order valence-electron chi connectivity index (χ0n) is 9.94. The van der Waals surface area contributed by atoms with Crippen LogP contribution in [0.5, 0.6) is 0 Å². The Balaban J connectivity index is 0. The lowest BCUT2D eigenvalue weighted by molar-refractivity contribution is 0.00642. The van der Waals surface area contributed by atoms with Crippen molar-refractivity contribution in [2.24, 2.45) is 0 Å². The fourth-order valence-corrected chi connectivity index (χ4v) is 1.04. The summed E-state index contributed by atoms with van der Waals surface area (Å²) in [4.78, 5) is 5.89. The molecule has 0 bridgehead atoms. The summed E-state index contributed by atoms with van der Waals surface area (Å²) >= 11 is 0. The number of hydrogen-bond acceptors (Lipinski definition) is 0. The van der Waals surface area contributed by atoms with Crippen molar-refractivity contribution in [1.82, 2.24) is 0 Å². The molecule has 6 heteroatoms. The second kappa shape index (κ2) is 6.62. The normalized spacial score (nSPS) is 10.1. The van der Waals surface area contributed by atoms with E-state index in [1.54, 1.807) is 11.7 Å². The van der Waals surface area contributed by atoms with Crippen LogP contribution in [0.4, 0.5) is 0 Å². The van der Waals surface area contributed by atoms with Gasteiger partial charge in [0.05, 0.1) is 0 Å². The molecule has 0 atom stereocenters. The van der Waals surface area contributed by atoms with Gasteiger partial charge in [-0.25, -0.2) is 0 Å². The smallest absolute Gasteiger partial charge is 0.226 e.